The predicted molar refractivity (Wildman–Crippen MR) is 112 cm³/mol. The second-order valence-electron chi connectivity index (χ2n) is 6.97. The highest BCUT2D eigenvalue weighted by Gasteiger charge is 2.20. The zero-order valence-electron chi connectivity index (χ0n) is 17.2. The third-order valence-electron chi connectivity index (χ3n) is 4.95. The van der Waals surface area contributed by atoms with Crippen molar-refractivity contribution < 1.29 is 17.9 Å². The van der Waals surface area contributed by atoms with Crippen LogP contribution in [0.25, 0.3) is 0 Å². The van der Waals surface area contributed by atoms with Gasteiger partial charge >= 0.3 is 0 Å². The summed E-state index contributed by atoms with van der Waals surface area (Å²) in [5, 5.41) is 3.11. The maximum absolute atomic E-state index is 12.1. The minimum Gasteiger partial charge on any atom is -0.497 e. The number of guanidine groups is 1. The fourth-order valence-corrected chi connectivity index (χ4v) is 4.01. The van der Waals surface area contributed by atoms with Crippen molar-refractivity contribution in [2.24, 2.45) is 10.9 Å². The summed E-state index contributed by atoms with van der Waals surface area (Å²) >= 11 is 0. The average molecular weight is 413 g/mol. The Morgan fingerprint density at radius 3 is 2.61 bits per heavy atom. The van der Waals surface area contributed by atoms with E-state index in [1.54, 1.807) is 21.3 Å². The highest BCUT2D eigenvalue weighted by atomic mass is 32.2. The molecule has 1 aliphatic carbocycles. The molecular formula is C19H32N4O4S. The summed E-state index contributed by atoms with van der Waals surface area (Å²) in [7, 11) is 3.52. The summed E-state index contributed by atoms with van der Waals surface area (Å²) in [4.78, 5) is 6.16. The summed E-state index contributed by atoms with van der Waals surface area (Å²) in [6.07, 6.45) is 3.44. The van der Waals surface area contributed by atoms with Crippen LogP contribution < -0.4 is 19.5 Å². The van der Waals surface area contributed by atoms with E-state index < -0.39 is 10.0 Å². The third-order valence-corrected chi connectivity index (χ3v) is 6.29. The van der Waals surface area contributed by atoms with E-state index >= 15 is 0 Å². The Morgan fingerprint density at radius 2 is 2.04 bits per heavy atom. The molecule has 9 heteroatoms. The second-order valence-corrected chi connectivity index (χ2v) is 8.90. The molecule has 1 aromatic rings. The molecule has 0 saturated heterocycles. The molecule has 0 aliphatic heterocycles. The lowest BCUT2D eigenvalue weighted by Crippen LogP contribution is -2.42. The molecule has 0 bridgehead atoms. The molecule has 8 nitrogen and oxygen atoms in total. The minimum absolute atomic E-state index is 0.0123. The number of sulfonamides is 1. The first-order chi connectivity index (χ1) is 13.4. The summed E-state index contributed by atoms with van der Waals surface area (Å²) in [6, 6.07) is 5.65. The van der Waals surface area contributed by atoms with Gasteiger partial charge in [-0.05, 0) is 30.9 Å². The van der Waals surface area contributed by atoms with Gasteiger partial charge in [0, 0.05) is 45.4 Å². The molecule has 0 spiro atoms. The van der Waals surface area contributed by atoms with Crippen LogP contribution in [0, 0.1) is 5.92 Å². The zero-order valence-corrected chi connectivity index (χ0v) is 18.0. The van der Waals surface area contributed by atoms with Crippen molar-refractivity contribution in [1.82, 2.24) is 14.9 Å². The molecule has 158 valence electrons. The Hall–Kier alpha value is -2.00. The lowest BCUT2D eigenvalue weighted by Gasteiger charge is -2.25. The number of rotatable bonds is 10. The van der Waals surface area contributed by atoms with Crippen LogP contribution in [0.2, 0.25) is 0 Å². The number of nitrogens with one attached hydrogen (secondary N) is 2. The number of hydrogen-bond donors (Lipinski definition) is 2. The van der Waals surface area contributed by atoms with Crippen molar-refractivity contribution in [2.45, 2.75) is 25.8 Å². The summed E-state index contributed by atoms with van der Waals surface area (Å²) < 4.78 is 37.6. The van der Waals surface area contributed by atoms with E-state index in [-0.39, 0.29) is 12.3 Å². The van der Waals surface area contributed by atoms with Crippen molar-refractivity contribution in [2.75, 3.05) is 47.2 Å². The number of methoxy groups -OCH3 is 2. The van der Waals surface area contributed by atoms with Crippen molar-refractivity contribution in [3.8, 4) is 11.5 Å². The number of ether oxygens (including phenoxy) is 2. The molecule has 0 aromatic heterocycles. The van der Waals surface area contributed by atoms with Crippen LogP contribution in [0.3, 0.4) is 0 Å². The first kappa shape index (κ1) is 22.3. The number of aliphatic imine (C=N–C) groups is 1. The molecule has 1 aliphatic rings. The fourth-order valence-electron chi connectivity index (χ4n) is 3.01. The van der Waals surface area contributed by atoms with Crippen LogP contribution in [0.15, 0.2) is 23.2 Å². The van der Waals surface area contributed by atoms with Gasteiger partial charge in [0.05, 0.1) is 20.0 Å². The Labute approximate surface area is 168 Å². The third kappa shape index (κ3) is 6.56. The summed E-state index contributed by atoms with van der Waals surface area (Å²) in [6.45, 7) is 1.39. The Bertz CT molecular complexity index is 763. The van der Waals surface area contributed by atoms with Crippen LogP contribution in [0.1, 0.15) is 24.8 Å². The topological polar surface area (TPSA) is 92.3 Å². The first-order valence-electron chi connectivity index (χ1n) is 9.48. The van der Waals surface area contributed by atoms with Crippen LogP contribution in [-0.4, -0.2) is 66.4 Å². The monoisotopic (exact) mass is 412 g/mol. The smallest absolute Gasteiger partial charge is 0.213 e. The molecule has 0 radical (unpaired) electrons. The van der Waals surface area contributed by atoms with Gasteiger partial charge in [-0.25, -0.2) is 13.1 Å². The second kappa shape index (κ2) is 10.5. The van der Waals surface area contributed by atoms with Crippen molar-refractivity contribution in [3.05, 3.63) is 23.8 Å². The largest absolute Gasteiger partial charge is 0.497 e. The Kier molecular flexibility index (Phi) is 8.37. The molecule has 0 unspecified atom stereocenters. The van der Waals surface area contributed by atoms with Gasteiger partial charge in [-0.15, -0.1) is 0 Å². The van der Waals surface area contributed by atoms with Crippen molar-refractivity contribution in [3.63, 3.8) is 0 Å². The Morgan fingerprint density at radius 1 is 1.29 bits per heavy atom. The van der Waals surface area contributed by atoms with E-state index in [9.17, 15) is 8.42 Å². The normalized spacial score (nSPS) is 15.1. The van der Waals surface area contributed by atoms with E-state index in [0.29, 0.717) is 25.0 Å². The molecule has 0 atom stereocenters. The lowest BCUT2D eigenvalue weighted by atomic mass is 9.86. The van der Waals surface area contributed by atoms with Gasteiger partial charge in [-0.3, -0.25) is 4.99 Å². The number of hydrogen-bond acceptors (Lipinski definition) is 5. The molecule has 1 aromatic carbocycles. The van der Waals surface area contributed by atoms with E-state index in [1.807, 2.05) is 30.1 Å². The molecule has 28 heavy (non-hydrogen) atoms. The molecule has 1 fully saturated rings. The number of nitrogens with zero attached hydrogens (tertiary/aromatic N) is 2. The van der Waals surface area contributed by atoms with Crippen LogP contribution in [-0.2, 0) is 16.6 Å². The van der Waals surface area contributed by atoms with E-state index in [4.69, 9.17) is 9.47 Å². The van der Waals surface area contributed by atoms with Gasteiger partial charge in [-0.1, -0.05) is 6.42 Å². The molecule has 2 N–H and O–H groups in total. The minimum atomic E-state index is -3.28. The molecule has 2 rings (SSSR count). The highest BCUT2D eigenvalue weighted by Crippen LogP contribution is 2.26. The van der Waals surface area contributed by atoms with Gasteiger partial charge in [-0.2, -0.15) is 0 Å². The average Bonchev–Trinajstić information content (AvgIpc) is 2.64. The van der Waals surface area contributed by atoms with Gasteiger partial charge in [0.15, 0.2) is 5.96 Å². The zero-order chi connectivity index (χ0) is 20.6. The summed E-state index contributed by atoms with van der Waals surface area (Å²) in [5.74, 6) is 2.58. The van der Waals surface area contributed by atoms with E-state index in [1.165, 1.54) is 6.42 Å². The maximum Gasteiger partial charge on any atom is 0.213 e. The molecule has 0 heterocycles. The Balaban J connectivity index is 1.85. The SMILES string of the molecule is CN=C(NCCS(=O)(=O)NCC1CCC1)N(C)Cc1ccc(OC)cc1OC. The van der Waals surface area contributed by atoms with Crippen LogP contribution in [0.5, 0.6) is 11.5 Å². The fraction of sp³-hybridized carbons (Fsp3) is 0.632. The van der Waals surface area contributed by atoms with Crippen molar-refractivity contribution in [1.29, 1.82) is 0 Å². The molecule has 0 amide bonds. The summed E-state index contributed by atoms with van der Waals surface area (Å²) in [5.41, 5.74) is 0.975. The van der Waals surface area contributed by atoms with E-state index in [0.717, 1.165) is 29.9 Å². The quantitative estimate of drug-likeness (QED) is 0.446. The molecular weight excluding hydrogens is 380 g/mol. The van der Waals surface area contributed by atoms with Gasteiger partial charge in [0.2, 0.25) is 10.0 Å². The van der Waals surface area contributed by atoms with Gasteiger partial charge < -0.3 is 19.7 Å². The maximum atomic E-state index is 12.1. The van der Waals surface area contributed by atoms with Gasteiger partial charge in [0.25, 0.3) is 0 Å². The highest BCUT2D eigenvalue weighted by molar-refractivity contribution is 7.89. The standard InChI is InChI=1S/C19H32N4O4S/c1-20-19(21-10-11-28(24,25)22-13-15-6-5-7-15)23(2)14-16-8-9-17(26-3)12-18(16)27-4/h8-9,12,15,22H,5-7,10-11,13-14H2,1-4H3,(H,20,21). The first-order valence-corrected chi connectivity index (χ1v) is 11.1. The van der Waals surface area contributed by atoms with Crippen molar-refractivity contribution >= 4 is 16.0 Å². The van der Waals surface area contributed by atoms with Gasteiger partial charge in [0.1, 0.15) is 11.5 Å². The number of benzene rings is 1. The van der Waals surface area contributed by atoms with Crippen LogP contribution >= 0.6 is 0 Å². The van der Waals surface area contributed by atoms with E-state index in [2.05, 4.69) is 15.0 Å². The van der Waals surface area contributed by atoms with Crippen LogP contribution in [0.4, 0.5) is 0 Å². The molecule has 1 saturated carbocycles. The predicted octanol–water partition coefficient (Wildman–Crippen LogP) is 1.43. The lowest BCUT2D eigenvalue weighted by molar-refractivity contribution is 0.316.